The van der Waals surface area contributed by atoms with E-state index in [1.807, 2.05) is 30.3 Å². The second-order valence-electron chi connectivity index (χ2n) is 5.95. The number of nitrogens with one attached hydrogen (secondary N) is 2. The van der Waals surface area contributed by atoms with E-state index in [4.69, 9.17) is 17.0 Å². The highest BCUT2D eigenvalue weighted by atomic mass is 32.1. The van der Waals surface area contributed by atoms with E-state index in [9.17, 15) is 13.2 Å². The average Bonchev–Trinajstić information content (AvgIpc) is 2.67. The average molecular weight is 418 g/mol. The van der Waals surface area contributed by atoms with Crippen LogP contribution in [0.5, 0.6) is 11.5 Å². The molecule has 0 saturated heterocycles. The Balaban J connectivity index is 1.52. The minimum atomic E-state index is -4.75. The van der Waals surface area contributed by atoms with Gasteiger partial charge in [-0.05, 0) is 54.2 Å². The van der Waals surface area contributed by atoms with Crippen LogP contribution in [-0.2, 0) is 6.61 Å². The molecule has 2 N–H and O–H groups in total. The zero-order valence-electron chi connectivity index (χ0n) is 15.1. The van der Waals surface area contributed by atoms with Gasteiger partial charge >= 0.3 is 6.36 Å². The molecule has 0 aromatic heterocycles. The molecule has 150 valence electrons. The molecule has 3 aromatic carbocycles. The summed E-state index contributed by atoms with van der Waals surface area (Å²) in [6.45, 7) is 0.462. The molecule has 4 nitrogen and oxygen atoms in total. The highest BCUT2D eigenvalue weighted by molar-refractivity contribution is 7.80. The van der Waals surface area contributed by atoms with Crippen molar-refractivity contribution in [2.45, 2.75) is 13.0 Å². The van der Waals surface area contributed by atoms with E-state index in [2.05, 4.69) is 15.4 Å². The molecule has 0 atom stereocenters. The lowest BCUT2D eigenvalue weighted by molar-refractivity contribution is -0.274. The zero-order valence-corrected chi connectivity index (χ0v) is 15.9. The van der Waals surface area contributed by atoms with Crippen molar-refractivity contribution < 1.29 is 22.6 Å². The predicted molar refractivity (Wildman–Crippen MR) is 110 cm³/mol. The lowest BCUT2D eigenvalue weighted by Gasteiger charge is -2.13. The third kappa shape index (κ3) is 7.00. The molecule has 0 bridgehead atoms. The first-order chi connectivity index (χ1) is 13.9. The van der Waals surface area contributed by atoms with Crippen molar-refractivity contribution in [1.82, 2.24) is 0 Å². The van der Waals surface area contributed by atoms with Crippen LogP contribution in [0.1, 0.15) is 5.56 Å². The van der Waals surface area contributed by atoms with Gasteiger partial charge in [0.2, 0.25) is 0 Å². The number of hydrogen-bond donors (Lipinski definition) is 2. The number of ether oxygens (including phenoxy) is 2. The molecule has 8 heteroatoms. The second kappa shape index (κ2) is 9.29. The first-order valence-electron chi connectivity index (χ1n) is 8.58. The van der Waals surface area contributed by atoms with Gasteiger partial charge in [0.05, 0.1) is 0 Å². The van der Waals surface area contributed by atoms with Gasteiger partial charge in [-0.15, -0.1) is 13.2 Å². The maximum atomic E-state index is 12.3. The number of hydrogen-bond acceptors (Lipinski definition) is 3. The first-order valence-corrected chi connectivity index (χ1v) is 8.99. The number of anilines is 2. The van der Waals surface area contributed by atoms with Crippen LogP contribution >= 0.6 is 12.2 Å². The van der Waals surface area contributed by atoms with Crippen molar-refractivity contribution in [3.8, 4) is 11.5 Å². The summed E-state index contributed by atoms with van der Waals surface area (Å²) in [5, 5.41) is 6.01. The molecule has 0 fully saturated rings. The van der Waals surface area contributed by atoms with Crippen LogP contribution in [-0.4, -0.2) is 11.5 Å². The quantitative estimate of drug-likeness (QED) is 0.483. The molecule has 0 spiro atoms. The van der Waals surface area contributed by atoms with Gasteiger partial charge in [0.1, 0.15) is 18.1 Å². The van der Waals surface area contributed by atoms with Gasteiger partial charge in [-0.3, -0.25) is 0 Å². The van der Waals surface area contributed by atoms with Crippen LogP contribution in [0.4, 0.5) is 24.5 Å². The highest BCUT2D eigenvalue weighted by Gasteiger charge is 2.31. The highest BCUT2D eigenvalue weighted by Crippen LogP contribution is 2.25. The Morgan fingerprint density at radius 1 is 0.793 bits per heavy atom. The monoisotopic (exact) mass is 418 g/mol. The Hall–Kier alpha value is -3.26. The maximum Gasteiger partial charge on any atom is 0.573 e. The summed E-state index contributed by atoms with van der Waals surface area (Å²) < 4.78 is 46.6. The fraction of sp³-hybridized carbons (Fsp3) is 0.0952. The van der Waals surface area contributed by atoms with Gasteiger partial charge in [0.15, 0.2) is 5.11 Å². The molecule has 3 rings (SSSR count). The molecule has 29 heavy (non-hydrogen) atoms. The normalized spacial score (nSPS) is 10.9. The summed E-state index contributed by atoms with van der Waals surface area (Å²) in [6.07, 6.45) is -4.75. The first kappa shape index (κ1) is 20.5. The summed E-state index contributed by atoms with van der Waals surface area (Å²) in [5.74, 6) is 0.375. The molecule has 0 heterocycles. The molecule has 0 aliphatic heterocycles. The Labute approximate surface area is 171 Å². The molecule has 0 aliphatic rings. The molecule has 0 radical (unpaired) electrons. The molecular weight excluding hydrogens is 401 g/mol. The SMILES string of the molecule is FC(F)(F)Oc1cccc(NC(=S)Nc2ccc(OCc3ccccc3)cc2)c1. The van der Waals surface area contributed by atoms with E-state index in [1.54, 1.807) is 30.3 Å². The Bertz CT molecular complexity index is 948. The van der Waals surface area contributed by atoms with Crippen molar-refractivity contribution in [3.63, 3.8) is 0 Å². The van der Waals surface area contributed by atoms with Crippen molar-refractivity contribution in [2.24, 2.45) is 0 Å². The predicted octanol–water partition coefficient (Wildman–Crippen LogP) is 5.97. The van der Waals surface area contributed by atoms with Crippen LogP contribution in [0.2, 0.25) is 0 Å². The fourth-order valence-corrected chi connectivity index (χ4v) is 2.68. The smallest absolute Gasteiger partial charge is 0.489 e. The topological polar surface area (TPSA) is 42.5 Å². The summed E-state index contributed by atoms with van der Waals surface area (Å²) in [7, 11) is 0. The largest absolute Gasteiger partial charge is 0.573 e. The Kier molecular flexibility index (Phi) is 6.56. The van der Waals surface area contributed by atoms with Gasteiger partial charge in [0, 0.05) is 17.4 Å². The van der Waals surface area contributed by atoms with Gasteiger partial charge in [-0.25, -0.2) is 0 Å². The van der Waals surface area contributed by atoms with Crippen LogP contribution in [0.15, 0.2) is 78.9 Å². The molecule has 3 aromatic rings. The minimum Gasteiger partial charge on any atom is -0.489 e. The number of alkyl halides is 3. The van der Waals surface area contributed by atoms with Gasteiger partial charge in [0.25, 0.3) is 0 Å². The van der Waals surface area contributed by atoms with Gasteiger partial charge in [-0.1, -0.05) is 36.4 Å². The van der Waals surface area contributed by atoms with Crippen molar-refractivity contribution in [2.75, 3.05) is 10.6 Å². The number of rotatable bonds is 6. The lowest BCUT2D eigenvalue weighted by Crippen LogP contribution is -2.20. The fourth-order valence-electron chi connectivity index (χ4n) is 2.44. The maximum absolute atomic E-state index is 12.3. The van der Waals surface area contributed by atoms with Crippen LogP contribution in [0.25, 0.3) is 0 Å². The molecule has 0 unspecified atom stereocenters. The van der Waals surface area contributed by atoms with Crippen LogP contribution < -0.4 is 20.1 Å². The Morgan fingerprint density at radius 2 is 1.48 bits per heavy atom. The number of halogens is 3. The number of thiocarbonyl (C=S) groups is 1. The van der Waals surface area contributed by atoms with E-state index in [1.165, 1.54) is 18.2 Å². The van der Waals surface area contributed by atoms with Gasteiger partial charge < -0.3 is 20.1 Å². The third-order valence-electron chi connectivity index (χ3n) is 3.69. The summed E-state index contributed by atoms with van der Waals surface area (Å²) in [6, 6.07) is 22.4. The van der Waals surface area contributed by atoms with E-state index < -0.39 is 6.36 Å². The van der Waals surface area contributed by atoms with Crippen molar-refractivity contribution in [1.29, 1.82) is 0 Å². The molecule has 0 amide bonds. The standard InChI is InChI=1S/C21H17F3N2O2S/c22-21(23,24)28-19-8-4-7-17(13-19)26-20(29)25-16-9-11-18(12-10-16)27-14-15-5-2-1-3-6-15/h1-13H,14H2,(H2,25,26,29). The van der Waals surface area contributed by atoms with E-state index >= 15 is 0 Å². The van der Waals surface area contributed by atoms with Crippen molar-refractivity contribution >= 4 is 28.7 Å². The second-order valence-corrected chi connectivity index (χ2v) is 6.36. The minimum absolute atomic E-state index is 0.229. The van der Waals surface area contributed by atoms with Gasteiger partial charge in [-0.2, -0.15) is 0 Å². The van der Waals surface area contributed by atoms with Crippen LogP contribution in [0.3, 0.4) is 0 Å². The molecule has 0 aliphatic carbocycles. The van der Waals surface area contributed by atoms with E-state index in [0.29, 0.717) is 23.7 Å². The molecule has 0 saturated carbocycles. The number of benzene rings is 3. The summed E-state index contributed by atoms with van der Waals surface area (Å²) >= 11 is 5.20. The van der Waals surface area contributed by atoms with E-state index in [0.717, 1.165) is 5.56 Å². The summed E-state index contributed by atoms with van der Waals surface area (Å²) in [5.41, 5.74) is 2.14. The Morgan fingerprint density at radius 3 is 2.17 bits per heavy atom. The lowest BCUT2D eigenvalue weighted by atomic mass is 10.2. The zero-order chi connectivity index (χ0) is 20.7. The van der Waals surface area contributed by atoms with Crippen LogP contribution in [0, 0.1) is 0 Å². The third-order valence-corrected chi connectivity index (χ3v) is 3.89. The molecular formula is C21H17F3N2O2S. The van der Waals surface area contributed by atoms with Crippen molar-refractivity contribution in [3.05, 3.63) is 84.4 Å². The van der Waals surface area contributed by atoms with E-state index in [-0.39, 0.29) is 10.9 Å². The summed E-state index contributed by atoms with van der Waals surface area (Å²) in [4.78, 5) is 0.